The van der Waals surface area contributed by atoms with Gasteiger partial charge in [-0.1, -0.05) is 49.3 Å². The largest absolute Gasteiger partial charge is 0.481 e. The van der Waals surface area contributed by atoms with Gasteiger partial charge < -0.3 is 37.2 Å². The van der Waals surface area contributed by atoms with E-state index in [2.05, 4.69) is 21.3 Å². The number of nitrogens with two attached hydrogens (primary N) is 1. The second kappa shape index (κ2) is 16.7. The van der Waals surface area contributed by atoms with Crippen LogP contribution >= 0.6 is 21.6 Å². The van der Waals surface area contributed by atoms with Crippen LogP contribution in [0.1, 0.15) is 41.0 Å². The van der Waals surface area contributed by atoms with Crippen LogP contribution < -0.4 is 27.0 Å². The molecule has 0 radical (unpaired) electrons. The summed E-state index contributed by atoms with van der Waals surface area (Å²) in [4.78, 5) is 60.3. The number of carboxylic acid groups (broad SMARTS) is 1. The molecule has 12 nitrogen and oxygen atoms in total. The van der Waals surface area contributed by atoms with E-state index in [0.717, 1.165) is 0 Å². The van der Waals surface area contributed by atoms with E-state index < -0.39 is 60.4 Å². The van der Waals surface area contributed by atoms with Crippen molar-refractivity contribution < 1.29 is 34.2 Å². The second-order valence-corrected chi connectivity index (χ2v) is 11.2. The van der Waals surface area contributed by atoms with Gasteiger partial charge in [0.05, 0.1) is 30.7 Å². The minimum Gasteiger partial charge on any atom is -0.481 e. The predicted molar refractivity (Wildman–Crippen MR) is 137 cm³/mol. The van der Waals surface area contributed by atoms with Crippen LogP contribution in [-0.2, 0) is 24.0 Å². The number of hydrogen-bond donors (Lipinski definition) is 7. The van der Waals surface area contributed by atoms with Gasteiger partial charge in [-0.2, -0.15) is 0 Å². The van der Waals surface area contributed by atoms with Crippen molar-refractivity contribution in [1.82, 2.24) is 21.3 Å². The lowest BCUT2D eigenvalue weighted by atomic mass is 10.0. The molecule has 0 heterocycles. The first-order valence-corrected chi connectivity index (χ1v) is 13.7. The molecule has 0 aliphatic rings. The van der Waals surface area contributed by atoms with Gasteiger partial charge in [0.25, 0.3) is 0 Å². The number of hydrogen-bond acceptors (Lipinski definition) is 10. The number of rotatable bonds is 18. The lowest BCUT2D eigenvalue weighted by molar-refractivity contribution is -0.140. The van der Waals surface area contributed by atoms with Gasteiger partial charge in [-0.15, -0.1) is 0 Å². The SMILES string of the molecule is CN[C@@H](CC(=O)O)C(=O)N[C@@H](CSSC[C@H](NC(C)C)C(=O)N[C@H](C(N)=O)[C@@H](C)O)C(=O)C(C)C. The Labute approximate surface area is 214 Å². The minimum atomic E-state index is -1.23. The molecule has 202 valence electrons. The third kappa shape index (κ3) is 13.1. The summed E-state index contributed by atoms with van der Waals surface area (Å²) in [6.45, 7) is 8.45. The molecule has 0 aromatic rings. The Hall–Kier alpha value is -1.87. The van der Waals surface area contributed by atoms with Gasteiger partial charge in [0.1, 0.15) is 6.04 Å². The summed E-state index contributed by atoms with van der Waals surface area (Å²) in [6, 6.07) is -3.83. The third-order valence-corrected chi connectivity index (χ3v) is 7.19. The number of aliphatic carboxylic acids is 1. The van der Waals surface area contributed by atoms with E-state index in [0.29, 0.717) is 0 Å². The van der Waals surface area contributed by atoms with E-state index in [-0.39, 0.29) is 29.2 Å². The minimum absolute atomic E-state index is 0.0582. The second-order valence-electron chi connectivity index (χ2n) is 8.63. The molecule has 0 aromatic heterocycles. The van der Waals surface area contributed by atoms with Crippen molar-refractivity contribution in [3.8, 4) is 0 Å². The summed E-state index contributed by atoms with van der Waals surface area (Å²) < 4.78 is 0. The van der Waals surface area contributed by atoms with Crippen LogP contribution in [-0.4, -0.2) is 94.6 Å². The summed E-state index contributed by atoms with van der Waals surface area (Å²) in [5.74, 6) is -3.20. The highest BCUT2D eigenvalue weighted by atomic mass is 33.1. The van der Waals surface area contributed by atoms with E-state index in [9.17, 15) is 29.1 Å². The number of carbonyl (C=O) groups excluding carboxylic acids is 4. The van der Waals surface area contributed by atoms with Crippen molar-refractivity contribution in [3.63, 3.8) is 0 Å². The third-order valence-electron chi connectivity index (χ3n) is 4.76. The van der Waals surface area contributed by atoms with Gasteiger partial charge in [0.15, 0.2) is 5.78 Å². The summed E-state index contributed by atoms with van der Waals surface area (Å²) in [7, 11) is 4.02. The molecule has 0 saturated heterocycles. The molecule has 0 bridgehead atoms. The number of ketones is 1. The van der Waals surface area contributed by atoms with Gasteiger partial charge in [0.2, 0.25) is 17.7 Å². The molecule has 8 N–H and O–H groups in total. The van der Waals surface area contributed by atoms with Crippen molar-refractivity contribution in [3.05, 3.63) is 0 Å². The lowest BCUT2D eigenvalue weighted by Gasteiger charge is -2.25. The highest BCUT2D eigenvalue weighted by molar-refractivity contribution is 8.76. The zero-order valence-corrected chi connectivity index (χ0v) is 22.6. The van der Waals surface area contributed by atoms with Crippen molar-refractivity contribution in [1.29, 1.82) is 0 Å². The first-order valence-electron chi connectivity index (χ1n) is 11.2. The average molecular weight is 538 g/mol. The summed E-state index contributed by atoms with van der Waals surface area (Å²) in [6.07, 6.45) is -1.59. The molecule has 0 aliphatic heterocycles. The molecule has 0 saturated carbocycles. The normalized spacial score (nSPS) is 15.7. The van der Waals surface area contributed by atoms with Gasteiger partial charge in [-0.05, 0) is 14.0 Å². The van der Waals surface area contributed by atoms with Gasteiger partial charge in [0, 0.05) is 23.5 Å². The van der Waals surface area contributed by atoms with Gasteiger partial charge in [-0.3, -0.25) is 24.0 Å². The maximum absolute atomic E-state index is 12.7. The predicted octanol–water partition coefficient (Wildman–Crippen LogP) is -1.14. The molecule has 0 aromatic carbocycles. The zero-order valence-electron chi connectivity index (χ0n) is 21.0. The number of aliphatic hydroxyl groups is 1. The fourth-order valence-electron chi connectivity index (χ4n) is 2.89. The lowest BCUT2D eigenvalue weighted by Crippen LogP contribution is -2.57. The molecular weight excluding hydrogens is 498 g/mol. The summed E-state index contributed by atoms with van der Waals surface area (Å²) >= 11 is 0. The van der Waals surface area contributed by atoms with E-state index >= 15 is 0 Å². The van der Waals surface area contributed by atoms with Crippen LogP contribution in [0.15, 0.2) is 0 Å². The van der Waals surface area contributed by atoms with E-state index in [1.807, 2.05) is 13.8 Å². The van der Waals surface area contributed by atoms with Crippen molar-refractivity contribution >= 4 is 51.1 Å². The quantitative estimate of drug-likeness (QED) is 0.0823. The van der Waals surface area contributed by atoms with Crippen LogP contribution in [0.25, 0.3) is 0 Å². The molecule has 0 fully saturated rings. The van der Waals surface area contributed by atoms with E-state index in [1.165, 1.54) is 35.6 Å². The summed E-state index contributed by atoms with van der Waals surface area (Å²) in [5, 5.41) is 29.5. The number of carboxylic acids is 1. The Balaban J connectivity index is 5.16. The van der Waals surface area contributed by atoms with Crippen molar-refractivity contribution in [2.45, 2.75) is 77.4 Å². The molecule has 14 heteroatoms. The first kappa shape index (κ1) is 33.1. The first-order chi connectivity index (χ1) is 16.2. The maximum atomic E-state index is 12.7. The molecular formula is C21H39N5O7S2. The van der Waals surface area contributed by atoms with Crippen LogP contribution in [0.4, 0.5) is 0 Å². The number of nitrogens with one attached hydrogen (secondary N) is 4. The van der Waals surface area contributed by atoms with Crippen molar-refractivity contribution in [2.75, 3.05) is 18.6 Å². The Bertz CT molecular complexity index is 737. The van der Waals surface area contributed by atoms with Crippen LogP contribution in [0, 0.1) is 5.92 Å². The monoisotopic (exact) mass is 537 g/mol. The topological polar surface area (TPSA) is 200 Å². The molecule has 35 heavy (non-hydrogen) atoms. The molecule has 0 spiro atoms. The van der Waals surface area contributed by atoms with Crippen LogP contribution in [0.2, 0.25) is 0 Å². The molecule has 3 amide bonds. The average Bonchev–Trinajstić information content (AvgIpc) is 2.74. The zero-order chi connectivity index (χ0) is 27.3. The molecule has 0 aliphatic carbocycles. The Morgan fingerprint density at radius 2 is 1.37 bits per heavy atom. The number of primary amides is 1. The number of carbonyl (C=O) groups is 5. The van der Waals surface area contributed by atoms with Crippen LogP contribution in [0.3, 0.4) is 0 Å². The summed E-state index contributed by atoms with van der Waals surface area (Å²) in [5.41, 5.74) is 5.25. The van der Waals surface area contributed by atoms with Crippen molar-refractivity contribution in [2.24, 2.45) is 11.7 Å². The maximum Gasteiger partial charge on any atom is 0.305 e. The highest BCUT2D eigenvalue weighted by Crippen LogP contribution is 2.24. The molecule has 0 rings (SSSR count). The number of aliphatic hydroxyl groups excluding tert-OH is 1. The Morgan fingerprint density at radius 1 is 0.857 bits per heavy atom. The van der Waals surface area contributed by atoms with Gasteiger partial charge >= 0.3 is 5.97 Å². The Kier molecular flexibility index (Phi) is 15.8. The van der Waals surface area contributed by atoms with Crippen LogP contribution in [0.5, 0.6) is 0 Å². The number of likely N-dealkylation sites (N-methyl/N-ethyl adjacent to an activating group) is 1. The van der Waals surface area contributed by atoms with E-state index in [1.54, 1.807) is 13.8 Å². The fraction of sp³-hybridized carbons (Fsp3) is 0.762. The molecule has 0 unspecified atom stereocenters. The molecule has 5 atom stereocenters. The Morgan fingerprint density at radius 3 is 1.77 bits per heavy atom. The van der Waals surface area contributed by atoms with Gasteiger partial charge in [-0.25, -0.2) is 0 Å². The standard InChI is InChI=1S/C21H39N5O7S2/c1-10(2)18(30)14(25-20(32)13(23-6)7-16(28)29)8-34-35-9-15(24-11(3)4)21(33)26-17(12(5)27)19(22)31/h10-15,17,23-24,27H,7-9H2,1-6H3,(H2,22,31)(H,25,32)(H,26,33)(H,28,29)/t12-,13+,14+,15+,17+/m1/s1. The fourth-order valence-corrected chi connectivity index (χ4v) is 5.24. The smallest absolute Gasteiger partial charge is 0.305 e. The van der Waals surface area contributed by atoms with E-state index in [4.69, 9.17) is 10.8 Å². The number of amides is 3. The highest BCUT2D eigenvalue weighted by Gasteiger charge is 2.29. The number of Topliss-reactive ketones (excluding diaryl/α,β-unsaturated/α-hetero) is 1.